The van der Waals surface area contributed by atoms with Gasteiger partial charge in [-0.1, -0.05) is 38.3 Å². The van der Waals surface area contributed by atoms with Crippen LogP contribution in [0.2, 0.25) is 0 Å². The second kappa shape index (κ2) is 8.91. The number of aryl methyl sites for hydroxylation is 1. The average molecular weight is 425 g/mol. The Morgan fingerprint density at radius 3 is 2.68 bits per heavy atom. The number of amides is 2. The summed E-state index contributed by atoms with van der Waals surface area (Å²) in [7, 11) is 1.27. The molecule has 8 nitrogen and oxygen atoms in total. The predicted octanol–water partition coefficient (Wildman–Crippen LogP) is 2.71. The zero-order valence-corrected chi connectivity index (χ0v) is 18.0. The first-order valence-corrected chi connectivity index (χ1v) is 10.9. The number of aromatic nitrogens is 2. The minimum atomic E-state index is -0.751. The highest BCUT2D eigenvalue weighted by molar-refractivity contribution is 6.10. The average Bonchev–Trinajstić information content (AvgIpc) is 3.24. The first kappa shape index (κ1) is 21.1. The SMILES string of the molecule is CCc1cccc(N2C(=O)c3cc(C(=O)OC)nn3CC2C(=O)NC2CCCCC2)c1. The Bertz CT molecular complexity index is 993. The molecule has 4 rings (SSSR count). The molecule has 1 N–H and O–H groups in total. The molecule has 0 bridgehead atoms. The molecule has 2 amide bonds. The summed E-state index contributed by atoms with van der Waals surface area (Å²) in [6.45, 7) is 2.22. The lowest BCUT2D eigenvalue weighted by molar-refractivity contribution is -0.123. The number of nitrogens with zero attached hydrogens (tertiary/aromatic N) is 3. The minimum Gasteiger partial charge on any atom is -0.464 e. The van der Waals surface area contributed by atoms with Crippen LogP contribution in [0.4, 0.5) is 5.69 Å². The summed E-state index contributed by atoms with van der Waals surface area (Å²) in [6, 6.07) is 8.47. The summed E-state index contributed by atoms with van der Waals surface area (Å²) in [5, 5.41) is 7.37. The van der Waals surface area contributed by atoms with E-state index in [2.05, 4.69) is 10.4 Å². The quantitative estimate of drug-likeness (QED) is 0.745. The topological polar surface area (TPSA) is 93.5 Å². The number of fused-ring (bicyclic) bond motifs is 1. The van der Waals surface area contributed by atoms with Gasteiger partial charge < -0.3 is 10.1 Å². The predicted molar refractivity (Wildman–Crippen MR) is 115 cm³/mol. The van der Waals surface area contributed by atoms with Crippen LogP contribution in [0.5, 0.6) is 0 Å². The fourth-order valence-corrected chi connectivity index (χ4v) is 4.41. The Hall–Kier alpha value is -3.16. The van der Waals surface area contributed by atoms with Crippen molar-refractivity contribution in [1.82, 2.24) is 15.1 Å². The fraction of sp³-hybridized carbons (Fsp3) is 0.478. The van der Waals surface area contributed by atoms with Crippen LogP contribution in [-0.2, 0) is 22.5 Å². The molecule has 0 radical (unpaired) electrons. The van der Waals surface area contributed by atoms with E-state index in [1.165, 1.54) is 29.2 Å². The standard InChI is InChI=1S/C23H28N4O4/c1-3-15-8-7-11-17(12-15)27-20(21(28)24-16-9-5-4-6-10-16)14-26-19(22(27)29)13-18(25-26)23(30)31-2/h7-8,11-13,16,20H,3-6,9-10,14H2,1-2H3,(H,24,28). The number of carbonyl (C=O) groups excluding carboxylic acids is 3. The number of hydrogen-bond acceptors (Lipinski definition) is 5. The molecular weight excluding hydrogens is 396 g/mol. The molecule has 0 saturated heterocycles. The summed E-state index contributed by atoms with van der Waals surface area (Å²) in [5.41, 5.74) is 2.07. The molecule has 1 aromatic heterocycles. The third-order valence-corrected chi connectivity index (χ3v) is 6.12. The van der Waals surface area contributed by atoms with Crippen LogP contribution >= 0.6 is 0 Å². The molecule has 2 aromatic rings. The number of carbonyl (C=O) groups is 3. The van der Waals surface area contributed by atoms with Gasteiger partial charge in [0.25, 0.3) is 5.91 Å². The molecule has 1 aliphatic carbocycles. The molecule has 1 fully saturated rings. The number of hydrogen-bond donors (Lipinski definition) is 1. The molecule has 2 heterocycles. The summed E-state index contributed by atoms with van der Waals surface area (Å²) in [5.74, 6) is -1.16. The number of rotatable bonds is 5. The lowest BCUT2D eigenvalue weighted by Gasteiger charge is -2.36. The molecule has 31 heavy (non-hydrogen) atoms. The Labute approximate surface area is 181 Å². The van der Waals surface area contributed by atoms with Crippen molar-refractivity contribution in [3.05, 3.63) is 47.3 Å². The minimum absolute atomic E-state index is 0.0569. The summed E-state index contributed by atoms with van der Waals surface area (Å²) >= 11 is 0. The van der Waals surface area contributed by atoms with Crippen LogP contribution in [-0.4, -0.2) is 46.8 Å². The van der Waals surface area contributed by atoms with Crippen molar-refractivity contribution in [3.8, 4) is 0 Å². The van der Waals surface area contributed by atoms with Gasteiger partial charge in [-0.15, -0.1) is 0 Å². The van der Waals surface area contributed by atoms with Gasteiger partial charge in [0.15, 0.2) is 5.69 Å². The highest BCUT2D eigenvalue weighted by Gasteiger charge is 2.40. The van der Waals surface area contributed by atoms with Crippen LogP contribution in [0.15, 0.2) is 30.3 Å². The largest absolute Gasteiger partial charge is 0.464 e. The van der Waals surface area contributed by atoms with Gasteiger partial charge in [0, 0.05) is 17.8 Å². The van der Waals surface area contributed by atoms with E-state index >= 15 is 0 Å². The highest BCUT2D eigenvalue weighted by Crippen LogP contribution is 2.28. The molecule has 1 unspecified atom stereocenters. The van der Waals surface area contributed by atoms with Crippen LogP contribution < -0.4 is 10.2 Å². The van der Waals surface area contributed by atoms with Crippen molar-refractivity contribution in [2.45, 2.75) is 64.1 Å². The zero-order chi connectivity index (χ0) is 22.0. The van der Waals surface area contributed by atoms with E-state index in [9.17, 15) is 14.4 Å². The molecular formula is C23H28N4O4. The van der Waals surface area contributed by atoms with Gasteiger partial charge in [-0.2, -0.15) is 5.10 Å². The lowest BCUT2D eigenvalue weighted by Crippen LogP contribution is -2.57. The summed E-state index contributed by atoms with van der Waals surface area (Å²) in [6.07, 6.45) is 6.12. The Morgan fingerprint density at radius 1 is 1.19 bits per heavy atom. The van der Waals surface area contributed by atoms with Gasteiger partial charge in [-0.25, -0.2) is 4.79 Å². The van der Waals surface area contributed by atoms with Crippen LogP contribution in [0.25, 0.3) is 0 Å². The van der Waals surface area contributed by atoms with Crippen LogP contribution in [0, 0.1) is 0 Å². The van der Waals surface area contributed by atoms with E-state index in [4.69, 9.17) is 4.74 Å². The normalized spacial score (nSPS) is 19.1. The number of methoxy groups -OCH3 is 1. The third kappa shape index (κ3) is 4.19. The van der Waals surface area contributed by atoms with E-state index < -0.39 is 12.0 Å². The maximum atomic E-state index is 13.5. The first-order valence-electron chi connectivity index (χ1n) is 10.9. The number of ether oxygens (including phenoxy) is 1. The van der Waals surface area contributed by atoms with Crippen LogP contribution in [0.1, 0.15) is 65.6 Å². The Balaban J connectivity index is 1.70. The highest BCUT2D eigenvalue weighted by atomic mass is 16.5. The smallest absolute Gasteiger partial charge is 0.358 e. The van der Waals surface area contributed by atoms with Crippen molar-refractivity contribution in [2.24, 2.45) is 0 Å². The number of anilines is 1. The molecule has 2 aliphatic rings. The second-order valence-electron chi connectivity index (χ2n) is 8.15. The second-order valence-corrected chi connectivity index (χ2v) is 8.15. The van der Waals surface area contributed by atoms with Gasteiger partial charge in [0.2, 0.25) is 5.91 Å². The maximum Gasteiger partial charge on any atom is 0.358 e. The van der Waals surface area contributed by atoms with Gasteiger partial charge in [0.05, 0.1) is 13.7 Å². The lowest BCUT2D eigenvalue weighted by atomic mass is 9.95. The maximum absolute atomic E-state index is 13.5. The Morgan fingerprint density at radius 2 is 1.97 bits per heavy atom. The van der Waals surface area contributed by atoms with E-state index in [1.807, 2.05) is 31.2 Å². The van der Waals surface area contributed by atoms with E-state index in [-0.39, 0.29) is 35.8 Å². The zero-order valence-electron chi connectivity index (χ0n) is 18.0. The summed E-state index contributed by atoms with van der Waals surface area (Å²) in [4.78, 5) is 40.3. The number of esters is 1. The van der Waals surface area contributed by atoms with E-state index in [1.54, 1.807) is 0 Å². The summed E-state index contributed by atoms with van der Waals surface area (Å²) < 4.78 is 6.19. The molecule has 164 valence electrons. The van der Waals surface area contributed by atoms with Crippen LogP contribution in [0.3, 0.4) is 0 Å². The van der Waals surface area contributed by atoms with E-state index in [0.717, 1.165) is 37.7 Å². The molecule has 1 atom stereocenters. The van der Waals surface area contributed by atoms with E-state index in [0.29, 0.717) is 5.69 Å². The molecule has 1 aliphatic heterocycles. The monoisotopic (exact) mass is 424 g/mol. The van der Waals surface area contributed by atoms with Gasteiger partial charge >= 0.3 is 5.97 Å². The third-order valence-electron chi connectivity index (χ3n) is 6.12. The molecule has 8 heteroatoms. The number of nitrogens with one attached hydrogen (secondary N) is 1. The molecule has 1 aromatic carbocycles. The molecule has 1 saturated carbocycles. The van der Waals surface area contributed by atoms with Crippen molar-refractivity contribution in [2.75, 3.05) is 12.0 Å². The number of benzene rings is 1. The van der Waals surface area contributed by atoms with Gasteiger partial charge in [-0.05, 0) is 37.0 Å². The van der Waals surface area contributed by atoms with Crippen molar-refractivity contribution < 1.29 is 19.1 Å². The molecule has 0 spiro atoms. The van der Waals surface area contributed by atoms with Crippen molar-refractivity contribution in [1.29, 1.82) is 0 Å². The Kier molecular flexibility index (Phi) is 6.06. The first-order chi connectivity index (χ1) is 15.0. The fourth-order valence-electron chi connectivity index (χ4n) is 4.41. The van der Waals surface area contributed by atoms with Gasteiger partial charge in [0.1, 0.15) is 11.7 Å². The van der Waals surface area contributed by atoms with Gasteiger partial charge in [-0.3, -0.25) is 19.2 Å². The van der Waals surface area contributed by atoms with Crippen molar-refractivity contribution in [3.63, 3.8) is 0 Å². The van der Waals surface area contributed by atoms with Crippen molar-refractivity contribution >= 4 is 23.5 Å².